The molecule has 0 spiro atoms. The third kappa shape index (κ3) is 3.20. The molecule has 0 aliphatic carbocycles. The molecule has 18 heavy (non-hydrogen) atoms. The summed E-state index contributed by atoms with van der Waals surface area (Å²) < 4.78 is 5.22. The highest BCUT2D eigenvalue weighted by Gasteiger charge is 2.45. The quantitative estimate of drug-likeness (QED) is 0.704. The van der Waals surface area contributed by atoms with Gasteiger partial charge in [0.05, 0.1) is 6.04 Å². The van der Waals surface area contributed by atoms with Gasteiger partial charge in [-0.05, 0) is 27.7 Å². The minimum Gasteiger partial charge on any atom is -0.444 e. The third-order valence-corrected chi connectivity index (χ3v) is 3.05. The molecule has 1 amide bonds. The molecule has 2 unspecified atom stereocenters. The molecule has 0 aromatic carbocycles. The number of likely N-dealkylation sites (tertiary alicyclic amines) is 1. The Hall–Kier alpha value is -1.14. The smallest absolute Gasteiger partial charge is 0.410 e. The van der Waals surface area contributed by atoms with Crippen LogP contribution in [0.2, 0.25) is 0 Å². The number of ketones is 1. The lowest BCUT2D eigenvalue weighted by molar-refractivity contribution is -0.142. The molecule has 0 aromatic rings. The van der Waals surface area contributed by atoms with Gasteiger partial charge in [0.1, 0.15) is 11.2 Å². The first kappa shape index (κ1) is 14.9. The van der Waals surface area contributed by atoms with Crippen LogP contribution in [0.15, 0.2) is 0 Å². The number of ether oxygens (including phenoxy) is 1. The summed E-state index contributed by atoms with van der Waals surface area (Å²) in [5, 5.41) is 10.1. The number of hydrogen-bond donors (Lipinski definition) is 2. The van der Waals surface area contributed by atoms with Crippen LogP contribution in [0, 0.1) is 0 Å². The molecule has 1 aliphatic rings. The van der Waals surface area contributed by atoms with E-state index >= 15 is 0 Å². The van der Waals surface area contributed by atoms with E-state index < -0.39 is 23.3 Å². The topological polar surface area (TPSA) is 92.9 Å². The first-order chi connectivity index (χ1) is 8.06. The Morgan fingerprint density at radius 3 is 2.39 bits per heavy atom. The van der Waals surface area contributed by atoms with E-state index in [2.05, 4.69) is 0 Å². The van der Waals surface area contributed by atoms with Crippen molar-refractivity contribution in [3.8, 4) is 0 Å². The lowest BCUT2D eigenvalue weighted by Crippen LogP contribution is -2.63. The Bertz CT molecular complexity index is 350. The van der Waals surface area contributed by atoms with Gasteiger partial charge in [-0.25, -0.2) is 4.79 Å². The maximum absolute atomic E-state index is 11.8. The number of amides is 1. The second kappa shape index (κ2) is 4.85. The summed E-state index contributed by atoms with van der Waals surface area (Å²) in [5.41, 5.74) is 3.68. The van der Waals surface area contributed by atoms with Crippen LogP contribution in [0.1, 0.15) is 34.1 Å². The number of aliphatic hydroxyl groups is 1. The van der Waals surface area contributed by atoms with Gasteiger partial charge in [-0.3, -0.25) is 4.79 Å². The summed E-state index contributed by atoms with van der Waals surface area (Å²) in [7, 11) is 0. The highest BCUT2D eigenvalue weighted by atomic mass is 16.6. The SMILES string of the molecule is CC(=O)C1(O)CCN(C(=O)OC(C)(C)C)CC1N. The van der Waals surface area contributed by atoms with Crippen molar-refractivity contribution in [2.24, 2.45) is 5.73 Å². The molecule has 0 saturated carbocycles. The standard InChI is InChI=1S/C12H22N2O4/c1-8(15)12(17)5-6-14(7-9(12)13)10(16)18-11(2,3)4/h9,17H,5-7,13H2,1-4H3. The molecule has 1 fully saturated rings. The minimum absolute atomic E-state index is 0.116. The van der Waals surface area contributed by atoms with Crippen molar-refractivity contribution in [1.82, 2.24) is 4.90 Å². The van der Waals surface area contributed by atoms with Gasteiger partial charge in [-0.15, -0.1) is 0 Å². The average Bonchev–Trinajstić information content (AvgIpc) is 2.19. The van der Waals surface area contributed by atoms with E-state index in [0.29, 0.717) is 0 Å². The third-order valence-electron chi connectivity index (χ3n) is 3.05. The summed E-state index contributed by atoms with van der Waals surface area (Å²) in [4.78, 5) is 24.6. The monoisotopic (exact) mass is 258 g/mol. The Kier molecular flexibility index (Phi) is 4.02. The minimum atomic E-state index is -1.53. The van der Waals surface area contributed by atoms with Gasteiger partial charge < -0.3 is 20.5 Å². The van der Waals surface area contributed by atoms with Crippen LogP contribution in [0.25, 0.3) is 0 Å². The van der Waals surface area contributed by atoms with Crippen molar-refractivity contribution >= 4 is 11.9 Å². The first-order valence-electron chi connectivity index (χ1n) is 6.03. The van der Waals surface area contributed by atoms with Crippen LogP contribution in [0.5, 0.6) is 0 Å². The number of nitrogens with zero attached hydrogens (tertiary/aromatic N) is 1. The van der Waals surface area contributed by atoms with Crippen molar-refractivity contribution in [1.29, 1.82) is 0 Å². The Balaban J connectivity index is 2.67. The number of nitrogens with two attached hydrogens (primary N) is 1. The highest BCUT2D eigenvalue weighted by molar-refractivity contribution is 5.86. The fourth-order valence-electron chi connectivity index (χ4n) is 1.90. The maximum Gasteiger partial charge on any atom is 0.410 e. The molecule has 0 radical (unpaired) electrons. The molecular weight excluding hydrogens is 236 g/mol. The van der Waals surface area contributed by atoms with Gasteiger partial charge in [-0.1, -0.05) is 0 Å². The zero-order valence-electron chi connectivity index (χ0n) is 11.4. The van der Waals surface area contributed by atoms with E-state index in [1.54, 1.807) is 20.8 Å². The fraction of sp³-hybridized carbons (Fsp3) is 0.833. The van der Waals surface area contributed by atoms with Crippen LogP contribution < -0.4 is 5.73 Å². The molecule has 1 aliphatic heterocycles. The summed E-state index contributed by atoms with van der Waals surface area (Å²) in [6.07, 6.45) is -0.327. The van der Waals surface area contributed by atoms with Crippen LogP contribution in [-0.4, -0.2) is 52.2 Å². The molecule has 1 heterocycles. The molecule has 6 nitrogen and oxygen atoms in total. The first-order valence-corrected chi connectivity index (χ1v) is 6.03. The molecule has 1 saturated heterocycles. The van der Waals surface area contributed by atoms with Crippen molar-refractivity contribution in [2.75, 3.05) is 13.1 Å². The van der Waals surface area contributed by atoms with Gasteiger partial charge in [0, 0.05) is 19.5 Å². The summed E-state index contributed by atoms with van der Waals surface area (Å²) in [6, 6.07) is -0.781. The molecular formula is C12H22N2O4. The van der Waals surface area contributed by atoms with E-state index in [0.717, 1.165) is 0 Å². The van der Waals surface area contributed by atoms with Crippen molar-refractivity contribution in [3.05, 3.63) is 0 Å². The average molecular weight is 258 g/mol. The van der Waals surface area contributed by atoms with Gasteiger partial charge in [0.15, 0.2) is 5.78 Å². The maximum atomic E-state index is 11.8. The lowest BCUT2D eigenvalue weighted by atomic mass is 9.84. The molecule has 0 aromatic heterocycles. The van der Waals surface area contributed by atoms with E-state index in [9.17, 15) is 14.7 Å². The molecule has 2 atom stereocenters. The molecule has 3 N–H and O–H groups in total. The van der Waals surface area contributed by atoms with E-state index in [4.69, 9.17) is 10.5 Å². The van der Waals surface area contributed by atoms with Crippen LogP contribution in [-0.2, 0) is 9.53 Å². The predicted molar refractivity (Wildman–Crippen MR) is 66.0 cm³/mol. The second-order valence-corrected chi connectivity index (χ2v) is 5.76. The highest BCUT2D eigenvalue weighted by Crippen LogP contribution is 2.23. The molecule has 6 heteroatoms. The second-order valence-electron chi connectivity index (χ2n) is 5.76. The largest absolute Gasteiger partial charge is 0.444 e. The molecule has 1 rings (SSSR count). The van der Waals surface area contributed by atoms with E-state index in [-0.39, 0.29) is 25.3 Å². The number of rotatable bonds is 1. The summed E-state index contributed by atoms with van der Waals surface area (Å²) >= 11 is 0. The lowest BCUT2D eigenvalue weighted by Gasteiger charge is -2.41. The number of carbonyl (C=O) groups is 2. The predicted octanol–water partition coefficient (Wildman–Crippen LogP) is 0.275. The van der Waals surface area contributed by atoms with Crippen LogP contribution in [0.4, 0.5) is 4.79 Å². The van der Waals surface area contributed by atoms with E-state index in [1.165, 1.54) is 11.8 Å². The zero-order valence-corrected chi connectivity index (χ0v) is 11.4. The zero-order chi connectivity index (χ0) is 14.1. The van der Waals surface area contributed by atoms with Gasteiger partial charge in [0.25, 0.3) is 0 Å². The van der Waals surface area contributed by atoms with E-state index in [1.807, 2.05) is 0 Å². The summed E-state index contributed by atoms with van der Waals surface area (Å²) in [5.74, 6) is -0.362. The number of piperidine rings is 1. The van der Waals surface area contributed by atoms with Gasteiger partial charge >= 0.3 is 6.09 Å². The van der Waals surface area contributed by atoms with Crippen molar-refractivity contribution in [3.63, 3.8) is 0 Å². The normalized spacial score (nSPS) is 29.0. The Morgan fingerprint density at radius 1 is 1.44 bits per heavy atom. The van der Waals surface area contributed by atoms with Crippen LogP contribution in [0.3, 0.4) is 0 Å². The Morgan fingerprint density at radius 2 is 2.00 bits per heavy atom. The molecule has 104 valence electrons. The Labute approximate surface area is 107 Å². The number of hydrogen-bond acceptors (Lipinski definition) is 5. The van der Waals surface area contributed by atoms with Gasteiger partial charge in [-0.2, -0.15) is 0 Å². The van der Waals surface area contributed by atoms with Crippen LogP contribution >= 0.6 is 0 Å². The summed E-state index contributed by atoms with van der Waals surface area (Å²) in [6.45, 7) is 7.02. The van der Waals surface area contributed by atoms with Crippen molar-refractivity contribution in [2.45, 2.75) is 51.4 Å². The molecule has 0 bridgehead atoms. The van der Waals surface area contributed by atoms with Gasteiger partial charge in [0.2, 0.25) is 0 Å². The number of Topliss-reactive ketones (excluding diaryl/α,β-unsaturated/α-hetero) is 1. The van der Waals surface area contributed by atoms with Crippen molar-refractivity contribution < 1.29 is 19.4 Å². The number of carbonyl (C=O) groups excluding carboxylic acids is 2. The fourth-order valence-corrected chi connectivity index (χ4v) is 1.90.